The van der Waals surface area contributed by atoms with Gasteiger partial charge in [0.25, 0.3) is 10.0 Å². The Hall–Kier alpha value is -3.00. The summed E-state index contributed by atoms with van der Waals surface area (Å²) in [4.78, 5) is 8.53. The Morgan fingerprint density at radius 3 is 2.83 bits per heavy atom. The zero-order valence-electron chi connectivity index (χ0n) is 12.7. The predicted octanol–water partition coefficient (Wildman–Crippen LogP) is 2.62. The second kappa shape index (κ2) is 5.27. The minimum Gasteiger partial charge on any atom is -0.280 e. The summed E-state index contributed by atoms with van der Waals surface area (Å²) >= 11 is 0. The fraction of sp³-hybridized carbons (Fsp3) is 0.0625. The van der Waals surface area contributed by atoms with E-state index in [4.69, 9.17) is 0 Å². The van der Waals surface area contributed by atoms with Crippen LogP contribution in [-0.4, -0.2) is 28.6 Å². The zero-order valence-corrected chi connectivity index (χ0v) is 13.5. The number of aryl methyl sites for hydroxylation is 1. The van der Waals surface area contributed by atoms with Crippen LogP contribution in [0.15, 0.2) is 53.7 Å². The van der Waals surface area contributed by atoms with E-state index in [1.165, 1.54) is 6.20 Å². The standard InChI is InChI=1S/C16H13N5O2S/c1-10-13-8-11(9-18-16(13)20-19-10)21-24(22,23)15-6-2-5-14-12(15)4-3-7-17-14/h2-9,21H,1H3,(H,18,19,20). The maximum Gasteiger partial charge on any atom is 0.262 e. The number of fused-ring (bicyclic) bond motifs is 2. The van der Waals surface area contributed by atoms with Crippen molar-refractivity contribution in [3.63, 3.8) is 0 Å². The van der Waals surface area contributed by atoms with E-state index >= 15 is 0 Å². The molecule has 0 atom stereocenters. The number of aromatic amines is 1. The predicted molar refractivity (Wildman–Crippen MR) is 91.2 cm³/mol. The molecule has 7 nitrogen and oxygen atoms in total. The average Bonchev–Trinajstić information content (AvgIpc) is 2.95. The zero-order chi connectivity index (χ0) is 16.7. The highest BCUT2D eigenvalue weighted by atomic mass is 32.2. The third-order valence-electron chi connectivity index (χ3n) is 3.75. The number of nitrogens with zero attached hydrogens (tertiary/aromatic N) is 3. The van der Waals surface area contributed by atoms with Crippen LogP contribution >= 0.6 is 0 Å². The molecule has 0 saturated heterocycles. The summed E-state index contributed by atoms with van der Waals surface area (Å²) in [6.07, 6.45) is 3.08. The minimum atomic E-state index is -3.77. The molecule has 0 bridgehead atoms. The fourth-order valence-electron chi connectivity index (χ4n) is 2.60. The molecule has 0 amide bonds. The summed E-state index contributed by atoms with van der Waals surface area (Å²) in [7, 11) is -3.77. The van der Waals surface area contributed by atoms with Gasteiger partial charge in [0, 0.05) is 22.7 Å². The summed E-state index contributed by atoms with van der Waals surface area (Å²) in [6.45, 7) is 1.85. The topological polar surface area (TPSA) is 101 Å². The Morgan fingerprint density at radius 2 is 1.96 bits per heavy atom. The number of anilines is 1. The van der Waals surface area contributed by atoms with E-state index in [2.05, 4.69) is 24.9 Å². The van der Waals surface area contributed by atoms with Crippen LogP contribution < -0.4 is 4.72 Å². The van der Waals surface area contributed by atoms with Gasteiger partial charge in [-0.25, -0.2) is 13.4 Å². The highest BCUT2D eigenvalue weighted by molar-refractivity contribution is 7.93. The van der Waals surface area contributed by atoms with Crippen molar-refractivity contribution in [2.24, 2.45) is 0 Å². The van der Waals surface area contributed by atoms with E-state index in [9.17, 15) is 8.42 Å². The number of sulfonamides is 1. The monoisotopic (exact) mass is 339 g/mol. The molecule has 2 N–H and O–H groups in total. The van der Waals surface area contributed by atoms with Crippen molar-refractivity contribution in [2.75, 3.05) is 4.72 Å². The van der Waals surface area contributed by atoms with Gasteiger partial charge in [-0.05, 0) is 37.3 Å². The number of aromatic nitrogens is 4. The molecule has 24 heavy (non-hydrogen) atoms. The molecule has 3 aromatic heterocycles. The molecule has 0 fully saturated rings. The van der Waals surface area contributed by atoms with E-state index in [1.807, 2.05) is 6.92 Å². The molecule has 4 aromatic rings. The average molecular weight is 339 g/mol. The Morgan fingerprint density at radius 1 is 1.08 bits per heavy atom. The van der Waals surface area contributed by atoms with Crippen LogP contribution in [0.3, 0.4) is 0 Å². The van der Waals surface area contributed by atoms with Crippen LogP contribution in [0.5, 0.6) is 0 Å². The number of nitrogens with one attached hydrogen (secondary N) is 2. The molecule has 0 aliphatic rings. The van der Waals surface area contributed by atoms with Crippen LogP contribution in [0.2, 0.25) is 0 Å². The van der Waals surface area contributed by atoms with E-state index in [0.29, 0.717) is 22.2 Å². The number of hydrogen-bond donors (Lipinski definition) is 2. The highest BCUT2D eigenvalue weighted by Crippen LogP contribution is 2.25. The third-order valence-corrected chi connectivity index (χ3v) is 5.19. The van der Waals surface area contributed by atoms with Gasteiger partial charge in [0.15, 0.2) is 5.65 Å². The van der Waals surface area contributed by atoms with Gasteiger partial charge in [-0.15, -0.1) is 0 Å². The quantitative estimate of drug-likeness (QED) is 0.597. The summed E-state index contributed by atoms with van der Waals surface area (Å²) < 4.78 is 28.1. The number of pyridine rings is 2. The molecule has 3 heterocycles. The lowest BCUT2D eigenvalue weighted by molar-refractivity contribution is 0.602. The first-order valence-corrected chi connectivity index (χ1v) is 8.70. The van der Waals surface area contributed by atoms with Crippen LogP contribution in [0, 0.1) is 6.92 Å². The normalized spacial score (nSPS) is 11.9. The highest BCUT2D eigenvalue weighted by Gasteiger charge is 2.18. The maximum absolute atomic E-state index is 12.8. The van der Waals surface area contributed by atoms with Crippen molar-refractivity contribution in [2.45, 2.75) is 11.8 Å². The molecule has 0 radical (unpaired) electrons. The Balaban J connectivity index is 1.80. The fourth-order valence-corrected chi connectivity index (χ4v) is 3.85. The first-order chi connectivity index (χ1) is 11.5. The molecule has 120 valence electrons. The molecule has 0 saturated carbocycles. The largest absolute Gasteiger partial charge is 0.280 e. The van der Waals surface area contributed by atoms with Gasteiger partial charge in [0.05, 0.1) is 22.3 Å². The minimum absolute atomic E-state index is 0.178. The number of benzene rings is 1. The smallest absolute Gasteiger partial charge is 0.262 e. The van der Waals surface area contributed by atoms with E-state index in [-0.39, 0.29) is 4.90 Å². The Labute approximate surface area is 137 Å². The molecule has 0 unspecified atom stereocenters. The molecule has 8 heteroatoms. The molecular weight excluding hydrogens is 326 g/mol. The van der Waals surface area contributed by atoms with Crippen LogP contribution in [-0.2, 0) is 10.0 Å². The SMILES string of the molecule is Cc1[nH]nc2ncc(NS(=O)(=O)c3cccc4ncccc34)cc12. The summed E-state index contributed by atoms with van der Waals surface area (Å²) in [6, 6.07) is 10.2. The van der Waals surface area contributed by atoms with E-state index < -0.39 is 10.0 Å². The van der Waals surface area contributed by atoms with Gasteiger partial charge in [-0.3, -0.25) is 14.8 Å². The lowest BCUT2D eigenvalue weighted by Gasteiger charge is -2.10. The second-order valence-corrected chi connectivity index (χ2v) is 7.03. The van der Waals surface area contributed by atoms with Crippen LogP contribution in [0.25, 0.3) is 21.9 Å². The summed E-state index contributed by atoms with van der Waals surface area (Å²) in [5.41, 5.74) is 2.38. The van der Waals surface area contributed by atoms with Gasteiger partial charge in [0.2, 0.25) is 0 Å². The molecule has 0 spiro atoms. The molecule has 0 aliphatic heterocycles. The van der Waals surface area contributed by atoms with Crippen molar-refractivity contribution >= 4 is 37.6 Å². The van der Waals surface area contributed by atoms with Crippen molar-refractivity contribution in [1.82, 2.24) is 20.2 Å². The van der Waals surface area contributed by atoms with Crippen LogP contribution in [0.4, 0.5) is 5.69 Å². The summed E-state index contributed by atoms with van der Waals surface area (Å²) in [5, 5.41) is 8.20. The van der Waals surface area contributed by atoms with E-state index in [0.717, 1.165) is 11.1 Å². The van der Waals surface area contributed by atoms with Crippen molar-refractivity contribution < 1.29 is 8.42 Å². The first kappa shape index (κ1) is 14.6. The van der Waals surface area contributed by atoms with Gasteiger partial charge >= 0.3 is 0 Å². The second-order valence-electron chi connectivity index (χ2n) is 5.38. The summed E-state index contributed by atoms with van der Waals surface area (Å²) in [5.74, 6) is 0. The molecule has 1 aromatic carbocycles. The Bertz CT molecular complexity index is 1160. The molecule has 4 rings (SSSR count). The van der Waals surface area contributed by atoms with Gasteiger partial charge in [-0.1, -0.05) is 6.07 Å². The Kier molecular flexibility index (Phi) is 3.20. The van der Waals surface area contributed by atoms with Crippen molar-refractivity contribution in [3.8, 4) is 0 Å². The lowest BCUT2D eigenvalue weighted by atomic mass is 10.2. The number of hydrogen-bond acceptors (Lipinski definition) is 5. The van der Waals surface area contributed by atoms with Crippen LogP contribution in [0.1, 0.15) is 5.69 Å². The third kappa shape index (κ3) is 2.37. The number of H-pyrrole nitrogens is 1. The first-order valence-electron chi connectivity index (χ1n) is 7.22. The van der Waals surface area contributed by atoms with Gasteiger partial charge in [0.1, 0.15) is 0 Å². The lowest BCUT2D eigenvalue weighted by Crippen LogP contribution is -2.13. The molecular formula is C16H13N5O2S. The van der Waals surface area contributed by atoms with Crippen molar-refractivity contribution in [3.05, 3.63) is 54.5 Å². The molecule has 0 aliphatic carbocycles. The van der Waals surface area contributed by atoms with Gasteiger partial charge in [-0.2, -0.15) is 5.10 Å². The van der Waals surface area contributed by atoms with Gasteiger partial charge < -0.3 is 0 Å². The number of rotatable bonds is 3. The van der Waals surface area contributed by atoms with E-state index in [1.54, 1.807) is 42.6 Å². The maximum atomic E-state index is 12.8. The van der Waals surface area contributed by atoms with Crippen molar-refractivity contribution in [1.29, 1.82) is 0 Å².